The number of aryl methyl sites for hydroxylation is 1. The Balaban J connectivity index is 1.92. The van der Waals surface area contributed by atoms with Gasteiger partial charge in [-0.25, -0.2) is 4.98 Å². The van der Waals surface area contributed by atoms with Crippen molar-refractivity contribution in [1.82, 2.24) is 14.9 Å². The molecule has 132 valence electrons. The van der Waals surface area contributed by atoms with E-state index in [0.717, 1.165) is 12.1 Å². The van der Waals surface area contributed by atoms with Crippen LogP contribution in [-0.2, 0) is 6.18 Å². The van der Waals surface area contributed by atoms with Crippen molar-refractivity contribution >= 4 is 5.91 Å². The summed E-state index contributed by atoms with van der Waals surface area (Å²) in [6.07, 6.45) is -2.33. The zero-order valence-electron chi connectivity index (χ0n) is 13.4. The number of aliphatic hydroxyl groups is 1. The molecule has 1 N–H and O–H groups in total. The molecule has 1 aliphatic rings. The van der Waals surface area contributed by atoms with Gasteiger partial charge in [0, 0.05) is 12.7 Å². The summed E-state index contributed by atoms with van der Waals surface area (Å²) in [6, 6.07) is 4.18. The first-order valence-electron chi connectivity index (χ1n) is 7.70. The molecule has 5 nitrogen and oxygen atoms in total. The van der Waals surface area contributed by atoms with Crippen molar-refractivity contribution in [2.45, 2.75) is 31.7 Å². The first kappa shape index (κ1) is 17.3. The van der Waals surface area contributed by atoms with E-state index in [-0.39, 0.29) is 18.7 Å². The number of likely N-dealkylation sites (tertiary alicyclic amines) is 1. The monoisotopic (exact) mass is 351 g/mol. The topological polar surface area (TPSA) is 66.3 Å². The molecular formula is C17H16F3N3O2. The molecule has 0 radical (unpaired) electrons. The molecule has 0 saturated carbocycles. The Bertz CT molecular complexity index is 777. The summed E-state index contributed by atoms with van der Waals surface area (Å²) >= 11 is 0. The second-order valence-corrected chi connectivity index (χ2v) is 6.03. The number of aromatic nitrogens is 2. The van der Waals surface area contributed by atoms with Crippen LogP contribution in [0.4, 0.5) is 13.2 Å². The third kappa shape index (κ3) is 3.63. The van der Waals surface area contributed by atoms with Gasteiger partial charge < -0.3 is 10.0 Å². The number of β-amino-alcohol motifs (C(OH)–C–C–N with tert-alkyl or cyclic N) is 1. The van der Waals surface area contributed by atoms with Crippen LogP contribution in [0.25, 0.3) is 0 Å². The lowest BCUT2D eigenvalue weighted by atomic mass is 10.0. The molecule has 25 heavy (non-hydrogen) atoms. The van der Waals surface area contributed by atoms with Crippen LogP contribution < -0.4 is 0 Å². The zero-order chi connectivity index (χ0) is 18.2. The van der Waals surface area contributed by atoms with Gasteiger partial charge in [-0.05, 0) is 31.0 Å². The minimum absolute atomic E-state index is 0.0370. The molecule has 1 aromatic heterocycles. The number of alkyl halides is 3. The van der Waals surface area contributed by atoms with Gasteiger partial charge in [-0.3, -0.25) is 9.78 Å². The fourth-order valence-corrected chi connectivity index (χ4v) is 2.93. The van der Waals surface area contributed by atoms with Crippen molar-refractivity contribution in [1.29, 1.82) is 0 Å². The lowest BCUT2D eigenvalue weighted by molar-refractivity contribution is -0.137. The normalized spacial score (nSPS) is 20.8. The van der Waals surface area contributed by atoms with E-state index in [1.54, 1.807) is 6.92 Å². The average molecular weight is 351 g/mol. The zero-order valence-corrected chi connectivity index (χ0v) is 13.4. The molecule has 1 aliphatic heterocycles. The number of amides is 1. The highest BCUT2D eigenvalue weighted by atomic mass is 19.4. The minimum atomic E-state index is -4.47. The quantitative estimate of drug-likeness (QED) is 0.904. The van der Waals surface area contributed by atoms with Gasteiger partial charge in [-0.15, -0.1) is 0 Å². The number of hydrogen-bond donors (Lipinski definition) is 1. The largest absolute Gasteiger partial charge is 0.416 e. The van der Waals surface area contributed by atoms with Gasteiger partial charge in [-0.1, -0.05) is 12.1 Å². The summed E-state index contributed by atoms with van der Waals surface area (Å²) in [5.74, 6) is -0.466. The van der Waals surface area contributed by atoms with Crippen molar-refractivity contribution in [3.05, 3.63) is 59.2 Å². The summed E-state index contributed by atoms with van der Waals surface area (Å²) in [6.45, 7) is 1.77. The molecule has 2 aromatic rings. The molecule has 0 spiro atoms. The van der Waals surface area contributed by atoms with Gasteiger partial charge in [0.2, 0.25) is 0 Å². The third-order valence-electron chi connectivity index (χ3n) is 4.14. The van der Waals surface area contributed by atoms with Gasteiger partial charge in [0.25, 0.3) is 5.91 Å². The second kappa shape index (κ2) is 6.44. The number of halogens is 3. The molecule has 1 saturated heterocycles. The van der Waals surface area contributed by atoms with Crippen LogP contribution in [0.15, 0.2) is 36.7 Å². The van der Waals surface area contributed by atoms with E-state index in [4.69, 9.17) is 0 Å². The van der Waals surface area contributed by atoms with Crippen molar-refractivity contribution < 1.29 is 23.1 Å². The molecule has 1 aromatic carbocycles. The van der Waals surface area contributed by atoms with Gasteiger partial charge >= 0.3 is 6.18 Å². The first-order valence-corrected chi connectivity index (χ1v) is 7.70. The van der Waals surface area contributed by atoms with E-state index in [1.165, 1.54) is 29.4 Å². The minimum Gasteiger partial charge on any atom is -0.391 e. The van der Waals surface area contributed by atoms with Gasteiger partial charge in [-0.2, -0.15) is 13.2 Å². The van der Waals surface area contributed by atoms with Crippen LogP contribution in [0.1, 0.15) is 39.8 Å². The molecule has 2 heterocycles. The number of rotatable bonds is 2. The molecule has 1 fully saturated rings. The van der Waals surface area contributed by atoms with E-state index in [9.17, 15) is 23.1 Å². The molecule has 0 aliphatic carbocycles. The van der Waals surface area contributed by atoms with Crippen LogP contribution in [0.3, 0.4) is 0 Å². The van der Waals surface area contributed by atoms with E-state index >= 15 is 0 Å². The van der Waals surface area contributed by atoms with Gasteiger partial charge in [0.15, 0.2) is 0 Å². The Morgan fingerprint density at radius 2 is 2.04 bits per heavy atom. The fourth-order valence-electron chi connectivity index (χ4n) is 2.93. The highest BCUT2D eigenvalue weighted by molar-refractivity contribution is 5.92. The van der Waals surface area contributed by atoms with Crippen molar-refractivity contribution in [2.75, 3.05) is 6.54 Å². The van der Waals surface area contributed by atoms with Crippen molar-refractivity contribution in [3.8, 4) is 0 Å². The average Bonchev–Trinajstić information content (AvgIpc) is 2.96. The van der Waals surface area contributed by atoms with Crippen LogP contribution in [-0.4, -0.2) is 38.5 Å². The Labute approximate surface area is 142 Å². The SMILES string of the molecule is Cc1cnc(C(=O)N2C[C@H](O)C[C@@H]2c2cccc(C(F)(F)F)c2)cn1. The Hall–Kier alpha value is -2.48. The molecule has 1 amide bonds. The van der Waals surface area contributed by atoms with Crippen LogP contribution in [0, 0.1) is 6.92 Å². The molecule has 0 bridgehead atoms. The standard InChI is InChI=1S/C17H16F3N3O2/c1-10-7-22-14(8-21-10)16(25)23-9-13(24)6-15(23)11-3-2-4-12(5-11)17(18,19)20/h2-5,7-8,13,15,24H,6,9H2,1H3/t13-,15-/m1/s1. The molecule has 8 heteroatoms. The maximum Gasteiger partial charge on any atom is 0.416 e. The fraction of sp³-hybridized carbons (Fsp3) is 0.353. The van der Waals surface area contributed by atoms with Gasteiger partial charge in [0.05, 0.1) is 29.6 Å². The highest BCUT2D eigenvalue weighted by Crippen LogP contribution is 2.36. The third-order valence-corrected chi connectivity index (χ3v) is 4.14. The predicted molar refractivity (Wildman–Crippen MR) is 82.6 cm³/mol. The van der Waals surface area contributed by atoms with Gasteiger partial charge in [0.1, 0.15) is 5.69 Å². The van der Waals surface area contributed by atoms with Crippen molar-refractivity contribution in [3.63, 3.8) is 0 Å². The van der Waals surface area contributed by atoms with E-state index < -0.39 is 29.8 Å². The van der Waals surface area contributed by atoms with Crippen LogP contribution in [0.5, 0.6) is 0 Å². The maximum absolute atomic E-state index is 12.9. The van der Waals surface area contributed by atoms with E-state index in [0.29, 0.717) is 11.3 Å². The highest BCUT2D eigenvalue weighted by Gasteiger charge is 2.38. The first-order chi connectivity index (χ1) is 11.8. The number of hydrogen-bond acceptors (Lipinski definition) is 4. The number of carbonyl (C=O) groups excluding carboxylic acids is 1. The number of aliphatic hydroxyl groups excluding tert-OH is 1. The second-order valence-electron chi connectivity index (χ2n) is 6.03. The molecular weight excluding hydrogens is 335 g/mol. The molecule has 2 atom stereocenters. The lowest BCUT2D eigenvalue weighted by Gasteiger charge is -2.25. The summed E-state index contributed by atoms with van der Waals surface area (Å²) in [5, 5.41) is 9.95. The summed E-state index contributed by atoms with van der Waals surface area (Å²) < 4.78 is 38.8. The Morgan fingerprint density at radius 1 is 1.28 bits per heavy atom. The predicted octanol–water partition coefficient (Wildman–Crippen LogP) is 2.75. The van der Waals surface area contributed by atoms with Crippen molar-refractivity contribution in [2.24, 2.45) is 0 Å². The molecule has 3 rings (SSSR count). The van der Waals surface area contributed by atoms with E-state index in [1.807, 2.05) is 0 Å². The smallest absolute Gasteiger partial charge is 0.391 e. The van der Waals surface area contributed by atoms with Crippen LogP contribution in [0.2, 0.25) is 0 Å². The molecule has 0 unspecified atom stereocenters. The lowest BCUT2D eigenvalue weighted by Crippen LogP contribution is -2.32. The number of carbonyl (C=O) groups is 1. The Kier molecular flexibility index (Phi) is 4.47. The summed E-state index contributed by atoms with van der Waals surface area (Å²) in [5.41, 5.74) is 0.290. The maximum atomic E-state index is 12.9. The number of benzene rings is 1. The summed E-state index contributed by atoms with van der Waals surface area (Å²) in [4.78, 5) is 22.0. The number of nitrogens with zero attached hydrogens (tertiary/aromatic N) is 3. The van der Waals surface area contributed by atoms with Crippen LogP contribution >= 0.6 is 0 Å². The van der Waals surface area contributed by atoms with E-state index in [2.05, 4.69) is 9.97 Å². The Morgan fingerprint density at radius 3 is 2.68 bits per heavy atom. The summed E-state index contributed by atoms with van der Waals surface area (Å²) in [7, 11) is 0.